The van der Waals surface area contributed by atoms with Crippen molar-refractivity contribution < 1.29 is 0 Å². The zero-order valence-corrected chi connectivity index (χ0v) is 21.9. The first-order chi connectivity index (χ1) is 18.1. The molecule has 2 aliphatic rings. The number of aromatic amines is 1. The minimum atomic E-state index is -0.263. The molecule has 1 aliphatic carbocycles. The number of fused-ring (bicyclic) bond motifs is 1. The number of nitrogens with zero attached hydrogens (tertiary/aromatic N) is 5. The minimum Gasteiger partial charge on any atom is -0.321 e. The van der Waals surface area contributed by atoms with Gasteiger partial charge < -0.3 is 4.98 Å². The van der Waals surface area contributed by atoms with Gasteiger partial charge in [0.2, 0.25) is 0 Å². The summed E-state index contributed by atoms with van der Waals surface area (Å²) < 4.78 is 2.03. The summed E-state index contributed by atoms with van der Waals surface area (Å²) >= 11 is 0. The Morgan fingerprint density at radius 1 is 0.973 bits per heavy atom. The number of likely N-dealkylation sites (tertiary alicyclic amines) is 1. The van der Waals surface area contributed by atoms with E-state index in [0.29, 0.717) is 12.0 Å². The van der Waals surface area contributed by atoms with Crippen LogP contribution in [-0.4, -0.2) is 43.2 Å². The summed E-state index contributed by atoms with van der Waals surface area (Å²) in [5.41, 5.74) is 5.27. The van der Waals surface area contributed by atoms with Crippen LogP contribution in [-0.2, 0) is 6.42 Å². The van der Waals surface area contributed by atoms with Crippen LogP contribution in [0.5, 0.6) is 0 Å². The number of tetrazole rings is 1. The van der Waals surface area contributed by atoms with Gasteiger partial charge in [-0.3, -0.25) is 9.69 Å². The van der Waals surface area contributed by atoms with Crippen molar-refractivity contribution in [1.29, 1.82) is 0 Å². The standard InChI is InChI=1S/C30H36N6O/c1-20-12-13-21(2)27-25(20)19-26(30(37)31-27)28(29-32-33-34-36(29)24-10-6-7-11-24)35-16-14-23(15-17-35)18-22-8-4-3-5-9-22/h3-5,8-9,12-13,19,23-24,28H,6-7,10-11,14-18H2,1-2H3,(H,31,37)/t28-/m0/s1. The second-order valence-electron chi connectivity index (χ2n) is 11.0. The zero-order valence-electron chi connectivity index (χ0n) is 21.9. The Morgan fingerprint density at radius 3 is 2.46 bits per heavy atom. The molecule has 0 radical (unpaired) electrons. The van der Waals surface area contributed by atoms with Gasteiger partial charge in [-0.2, -0.15) is 0 Å². The molecule has 2 aromatic carbocycles. The molecular formula is C30H36N6O. The van der Waals surface area contributed by atoms with Gasteiger partial charge in [0.05, 0.1) is 11.6 Å². The molecule has 7 heteroatoms. The maximum absolute atomic E-state index is 13.7. The number of piperidine rings is 1. The Bertz CT molecular complexity index is 1430. The first kappa shape index (κ1) is 24.0. The average molecular weight is 497 g/mol. The molecule has 4 aromatic rings. The van der Waals surface area contributed by atoms with Crippen molar-refractivity contribution in [3.8, 4) is 0 Å². The molecule has 0 bridgehead atoms. The van der Waals surface area contributed by atoms with Gasteiger partial charge in [0.25, 0.3) is 5.56 Å². The second kappa shape index (κ2) is 10.2. The van der Waals surface area contributed by atoms with Crippen molar-refractivity contribution in [3.63, 3.8) is 0 Å². The first-order valence-electron chi connectivity index (χ1n) is 13.8. The average Bonchev–Trinajstić information content (AvgIpc) is 3.61. The Balaban J connectivity index is 1.37. The Kier molecular flexibility index (Phi) is 6.63. The molecule has 192 valence electrons. The van der Waals surface area contributed by atoms with Gasteiger partial charge in [0, 0.05) is 10.9 Å². The van der Waals surface area contributed by atoms with Gasteiger partial charge in [0.1, 0.15) is 6.04 Å². The third-order valence-electron chi connectivity index (χ3n) is 8.58. The van der Waals surface area contributed by atoms with Gasteiger partial charge >= 0.3 is 0 Å². The number of rotatable bonds is 6. The molecule has 37 heavy (non-hydrogen) atoms. The SMILES string of the molecule is Cc1ccc(C)c2[nH]c(=O)c([C@@H](c3nnnn3C3CCCC3)N3CCC(Cc4ccccc4)CC3)cc12. The van der Waals surface area contributed by atoms with E-state index in [1.165, 1.54) is 18.4 Å². The monoisotopic (exact) mass is 496 g/mol. The summed E-state index contributed by atoms with van der Waals surface area (Å²) in [6, 6.07) is 17.1. The Hall–Kier alpha value is -3.32. The molecule has 1 saturated carbocycles. The minimum absolute atomic E-state index is 0.0430. The first-order valence-corrected chi connectivity index (χ1v) is 13.8. The molecule has 1 saturated heterocycles. The molecule has 1 atom stereocenters. The molecular weight excluding hydrogens is 460 g/mol. The lowest BCUT2D eigenvalue weighted by atomic mass is 9.88. The highest BCUT2D eigenvalue weighted by atomic mass is 16.1. The summed E-state index contributed by atoms with van der Waals surface area (Å²) in [5.74, 6) is 1.45. The topological polar surface area (TPSA) is 79.7 Å². The largest absolute Gasteiger partial charge is 0.321 e. The van der Waals surface area contributed by atoms with Crippen LogP contribution in [0, 0.1) is 19.8 Å². The maximum atomic E-state index is 13.7. The van der Waals surface area contributed by atoms with Gasteiger partial charge in [-0.15, -0.1) is 5.10 Å². The molecule has 0 spiro atoms. The van der Waals surface area contributed by atoms with E-state index in [-0.39, 0.29) is 11.6 Å². The number of H-pyrrole nitrogens is 1. The maximum Gasteiger partial charge on any atom is 0.253 e. The summed E-state index contributed by atoms with van der Waals surface area (Å²) in [4.78, 5) is 19.3. The van der Waals surface area contributed by atoms with Crippen molar-refractivity contribution >= 4 is 10.9 Å². The van der Waals surface area contributed by atoms with E-state index in [2.05, 4.69) is 80.9 Å². The fourth-order valence-electron chi connectivity index (χ4n) is 6.45. The molecule has 2 aromatic heterocycles. The van der Waals surface area contributed by atoms with E-state index in [9.17, 15) is 4.79 Å². The van der Waals surface area contributed by atoms with Crippen LogP contribution >= 0.6 is 0 Å². The molecule has 1 N–H and O–H groups in total. The van der Waals surface area contributed by atoms with E-state index in [1.54, 1.807) is 0 Å². The Morgan fingerprint density at radius 2 is 1.70 bits per heavy atom. The second-order valence-corrected chi connectivity index (χ2v) is 11.0. The van der Waals surface area contributed by atoms with E-state index < -0.39 is 0 Å². The summed E-state index contributed by atoms with van der Waals surface area (Å²) in [6.07, 6.45) is 7.89. The zero-order chi connectivity index (χ0) is 25.4. The normalized spacial score (nSPS) is 18.5. The molecule has 7 nitrogen and oxygen atoms in total. The van der Waals surface area contributed by atoms with Crippen molar-refractivity contribution in [3.05, 3.63) is 87.0 Å². The number of aromatic nitrogens is 5. The summed E-state index contributed by atoms with van der Waals surface area (Å²) in [7, 11) is 0. The summed E-state index contributed by atoms with van der Waals surface area (Å²) in [6.45, 7) is 6.00. The van der Waals surface area contributed by atoms with Crippen molar-refractivity contribution in [2.75, 3.05) is 13.1 Å². The molecule has 0 unspecified atom stereocenters. The quantitative estimate of drug-likeness (QED) is 0.392. The highest BCUT2D eigenvalue weighted by molar-refractivity contribution is 5.85. The van der Waals surface area contributed by atoms with E-state index in [0.717, 1.165) is 78.6 Å². The molecule has 0 amide bonds. The van der Waals surface area contributed by atoms with E-state index in [1.807, 2.05) is 11.6 Å². The number of benzene rings is 2. The number of nitrogens with one attached hydrogen (secondary N) is 1. The lowest BCUT2D eigenvalue weighted by Gasteiger charge is -2.37. The smallest absolute Gasteiger partial charge is 0.253 e. The lowest BCUT2D eigenvalue weighted by molar-refractivity contribution is 0.141. The van der Waals surface area contributed by atoms with Gasteiger partial charge in [-0.05, 0) is 98.1 Å². The molecule has 3 heterocycles. The van der Waals surface area contributed by atoms with Crippen LogP contribution < -0.4 is 5.56 Å². The highest BCUT2D eigenvalue weighted by Crippen LogP contribution is 2.36. The number of aryl methyl sites for hydroxylation is 2. The van der Waals surface area contributed by atoms with Crippen LogP contribution in [0.25, 0.3) is 10.9 Å². The number of hydrogen-bond donors (Lipinski definition) is 1. The van der Waals surface area contributed by atoms with Gasteiger partial charge in [-0.25, -0.2) is 4.68 Å². The highest BCUT2D eigenvalue weighted by Gasteiger charge is 2.35. The molecule has 6 rings (SSSR count). The van der Waals surface area contributed by atoms with E-state index >= 15 is 0 Å². The third-order valence-corrected chi connectivity index (χ3v) is 8.58. The molecule has 1 aliphatic heterocycles. The van der Waals surface area contributed by atoms with Crippen LogP contribution in [0.1, 0.15) is 78.7 Å². The fraction of sp³-hybridized carbons (Fsp3) is 0.467. The van der Waals surface area contributed by atoms with Crippen molar-refractivity contribution in [2.45, 2.75) is 70.9 Å². The lowest BCUT2D eigenvalue weighted by Crippen LogP contribution is -2.41. The van der Waals surface area contributed by atoms with Crippen molar-refractivity contribution in [2.24, 2.45) is 5.92 Å². The Labute approximate surface area is 217 Å². The van der Waals surface area contributed by atoms with Crippen LogP contribution in [0.4, 0.5) is 0 Å². The van der Waals surface area contributed by atoms with Crippen LogP contribution in [0.3, 0.4) is 0 Å². The van der Waals surface area contributed by atoms with Crippen LogP contribution in [0.15, 0.2) is 53.3 Å². The van der Waals surface area contributed by atoms with Gasteiger partial charge in [-0.1, -0.05) is 55.3 Å². The number of hydrogen-bond acceptors (Lipinski definition) is 5. The van der Waals surface area contributed by atoms with Gasteiger partial charge in [0.15, 0.2) is 5.82 Å². The van der Waals surface area contributed by atoms with Crippen LogP contribution in [0.2, 0.25) is 0 Å². The van der Waals surface area contributed by atoms with Crippen molar-refractivity contribution in [1.82, 2.24) is 30.1 Å². The number of pyridine rings is 1. The predicted octanol–water partition coefficient (Wildman–Crippen LogP) is 5.29. The van der Waals surface area contributed by atoms with E-state index in [4.69, 9.17) is 0 Å². The third kappa shape index (κ3) is 4.73. The molecule has 2 fully saturated rings. The fourth-order valence-corrected chi connectivity index (χ4v) is 6.45. The summed E-state index contributed by atoms with van der Waals surface area (Å²) in [5, 5.41) is 14.2. The predicted molar refractivity (Wildman–Crippen MR) is 146 cm³/mol.